The van der Waals surface area contributed by atoms with Crippen LogP contribution in [0.1, 0.15) is 12.0 Å². The molecule has 5 nitrogen and oxygen atoms in total. The summed E-state index contributed by atoms with van der Waals surface area (Å²) in [5, 5.41) is 0. The van der Waals surface area contributed by atoms with Crippen molar-refractivity contribution in [3.8, 4) is 0 Å². The van der Waals surface area contributed by atoms with Gasteiger partial charge in [0, 0.05) is 0 Å². The summed E-state index contributed by atoms with van der Waals surface area (Å²) in [5.41, 5.74) is 7.87. The molecule has 0 heterocycles. The molecule has 0 bridgehead atoms. The van der Waals surface area contributed by atoms with Crippen molar-refractivity contribution in [2.75, 3.05) is 0 Å². The van der Waals surface area contributed by atoms with Crippen molar-refractivity contribution in [2.45, 2.75) is 13.0 Å². The predicted molar refractivity (Wildman–Crippen MR) is 53.2 cm³/mol. The average Bonchev–Trinajstić information content (AvgIpc) is 2.18. The summed E-state index contributed by atoms with van der Waals surface area (Å²) in [6.07, 6.45) is -0.366. The number of benzene rings is 1. The normalized spacial score (nSPS) is 9.60. The zero-order valence-corrected chi connectivity index (χ0v) is 8.10. The molecular weight excluding hydrogens is 196 g/mol. The fourth-order valence-electron chi connectivity index (χ4n) is 0.968. The lowest BCUT2D eigenvalue weighted by Crippen LogP contribution is -2.28. The van der Waals surface area contributed by atoms with Crippen molar-refractivity contribution < 1.29 is 14.4 Å². The average molecular weight is 208 g/mol. The Bertz CT molecular complexity index is 338. The van der Waals surface area contributed by atoms with E-state index in [9.17, 15) is 9.59 Å². The molecule has 1 rings (SSSR count). The molecule has 0 spiro atoms. The number of carbonyl (C=O) groups excluding carboxylic acids is 2. The Morgan fingerprint density at radius 2 is 1.93 bits per heavy atom. The zero-order chi connectivity index (χ0) is 11.1. The lowest BCUT2D eigenvalue weighted by Gasteiger charge is -2.04. The molecule has 0 aliphatic carbocycles. The SMILES string of the molecule is NC(=O)CC(=O)NOCc1ccccc1. The molecular formula is C10H12N2O3. The summed E-state index contributed by atoms with van der Waals surface area (Å²) in [6, 6.07) is 9.34. The quantitative estimate of drug-likeness (QED) is 0.532. The number of hydrogen-bond acceptors (Lipinski definition) is 3. The first-order valence-electron chi connectivity index (χ1n) is 4.41. The van der Waals surface area contributed by atoms with E-state index in [1.165, 1.54) is 0 Å². The van der Waals surface area contributed by atoms with Crippen molar-refractivity contribution in [1.29, 1.82) is 0 Å². The highest BCUT2D eigenvalue weighted by molar-refractivity contribution is 5.95. The molecule has 80 valence electrons. The Balaban J connectivity index is 2.22. The first-order chi connectivity index (χ1) is 7.18. The van der Waals surface area contributed by atoms with Crippen LogP contribution in [0, 0.1) is 0 Å². The van der Waals surface area contributed by atoms with Gasteiger partial charge in [-0.15, -0.1) is 0 Å². The summed E-state index contributed by atoms with van der Waals surface area (Å²) < 4.78 is 0. The largest absolute Gasteiger partial charge is 0.369 e. The van der Waals surface area contributed by atoms with Crippen molar-refractivity contribution in [3.05, 3.63) is 35.9 Å². The number of amides is 2. The fraction of sp³-hybridized carbons (Fsp3) is 0.200. The summed E-state index contributed by atoms with van der Waals surface area (Å²) >= 11 is 0. The van der Waals surface area contributed by atoms with Crippen molar-refractivity contribution in [1.82, 2.24) is 5.48 Å². The minimum Gasteiger partial charge on any atom is -0.369 e. The number of rotatable bonds is 5. The van der Waals surface area contributed by atoms with Gasteiger partial charge in [0.05, 0.1) is 6.61 Å². The number of primary amides is 1. The molecule has 0 aliphatic heterocycles. The molecule has 0 saturated heterocycles. The Morgan fingerprint density at radius 1 is 1.27 bits per heavy atom. The molecule has 2 amide bonds. The van der Waals surface area contributed by atoms with Gasteiger partial charge in [0.25, 0.3) is 5.91 Å². The number of hydroxylamine groups is 1. The first kappa shape index (κ1) is 11.2. The van der Waals surface area contributed by atoms with E-state index < -0.39 is 11.8 Å². The molecule has 0 aliphatic rings. The molecule has 0 saturated carbocycles. The van der Waals surface area contributed by atoms with Gasteiger partial charge in [0.1, 0.15) is 6.42 Å². The highest BCUT2D eigenvalue weighted by Gasteiger charge is 2.04. The molecule has 0 atom stereocenters. The lowest BCUT2D eigenvalue weighted by atomic mass is 10.2. The van der Waals surface area contributed by atoms with E-state index in [1.54, 1.807) is 0 Å². The van der Waals surface area contributed by atoms with Crippen molar-refractivity contribution in [3.63, 3.8) is 0 Å². The minimum absolute atomic E-state index is 0.255. The molecule has 0 fully saturated rings. The molecule has 5 heteroatoms. The van der Waals surface area contributed by atoms with Gasteiger partial charge in [-0.1, -0.05) is 30.3 Å². The standard InChI is InChI=1S/C10H12N2O3/c11-9(13)6-10(14)12-15-7-8-4-2-1-3-5-8/h1-5H,6-7H2,(H2,11,13)(H,12,14). The van der Waals surface area contributed by atoms with Gasteiger partial charge < -0.3 is 5.73 Å². The maximum absolute atomic E-state index is 10.9. The van der Waals surface area contributed by atoms with E-state index in [2.05, 4.69) is 5.48 Å². The van der Waals surface area contributed by atoms with E-state index >= 15 is 0 Å². The van der Waals surface area contributed by atoms with Crippen LogP contribution in [0.3, 0.4) is 0 Å². The number of nitrogens with two attached hydrogens (primary N) is 1. The van der Waals surface area contributed by atoms with Crippen LogP contribution in [0.4, 0.5) is 0 Å². The van der Waals surface area contributed by atoms with Gasteiger partial charge >= 0.3 is 0 Å². The molecule has 15 heavy (non-hydrogen) atoms. The number of carbonyl (C=O) groups is 2. The van der Waals surface area contributed by atoms with E-state index in [-0.39, 0.29) is 13.0 Å². The zero-order valence-electron chi connectivity index (χ0n) is 8.10. The van der Waals surface area contributed by atoms with Crippen LogP contribution in [0.5, 0.6) is 0 Å². The smallest absolute Gasteiger partial charge is 0.252 e. The van der Waals surface area contributed by atoms with Gasteiger partial charge in [-0.25, -0.2) is 5.48 Å². The van der Waals surface area contributed by atoms with Crippen LogP contribution in [-0.2, 0) is 21.0 Å². The Kier molecular flexibility index (Phi) is 4.30. The van der Waals surface area contributed by atoms with Gasteiger partial charge in [-0.05, 0) is 5.56 Å². The van der Waals surface area contributed by atoms with Crippen LogP contribution < -0.4 is 11.2 Å². The third-order valence-corrected chi connectivity index (χ3v) is 1.60. The summed E-state index contributed by atoms with van der Waals surface area (Å²) in [4.78, 5) is 26.1. The van der Waals surface area contributed by atoms with E-state index in [0.29, 0.717) is 0 Å². The Morgan fingerprint density at radius 3 is 2.53 bits per heavy atom. The molecule has 3 N–H and O–H groups in total. The van der Waals surface area contributed by atoms with Crippen LogP contribution in [0.2, 0.25) is 0 Å². The van der Waals surface area contributed by atoms with Gasteiger partial charge in [0.2, 0.25) is 5.91 Å². The molecule has 1 aromatic rings. The summed E-state index contributed by atoms with van der Waals surface area (Å²) in [5.74, 6) is -1.23. The second kappa shape index (κ2) is 5.77. The van der Waals surface area contributed by atoms with Crippen LogP contribution in [0.15, 0.2) is 30.3 Å². The maximum atomic E-state index is 10.9. The molecule has 0 aromatic heterocycles. The number of nitrogens with one attached hydrogen (secondary N) is 1. The number of hydrogen-bond donors (Lipinski definition) is 2. The third-order valence-electron chi connectivity index (χ3n) is 1.60. The molecule has 0 radical (unpaired) electrons. The van der Waals surface area contributed by atoms with E-state index in [1.807, 2.05) is 30.3 Å². The minimum atomic E-state index is -0.684. The lowest BCUT2D eigenvalue weighted by molar-refractivity contribution is -0.137. The van der Waals surface area contributed by atoms with Crippen LogP contribution in [0.25, 0.3) is 0 Å². The van der Waals surface area contributed by atoms with E-state index in [0.717, 1.165) is 5.56 Å². The fourth-order valence-corrected chi connectivity index (χ4v) is 0.968. The third kappa shape index (κ3) is 4.78. The van der Waals surface area contributed by atoms with Gasteiger partial charge in [0.15, 0.2) is 0 Å². The summed E-state index contributed by atoms with van der Waals surface area (Å²) in [6.45, 7) is 0.255. The van der Waals surface area contributed by atoms with Crippen LogP contribution >= 0.6 is 0 Å². The molecule has 0 unspecified atom stereocenters. The Hall–Kier alpha value is -1.88. The first-order valence-corrected chi connectivity index (χ1v) is 4.41. The second-order valence-electron chi connectivity index (χ2n) is 2.94. The highest BCUT2D eigenvalue weighted by atomic mass is 16.6. The van der Waals surface area contributed by atoms with Gasteiger partial charge in [-0.3, -0.25) is 14.4 Å². The monoisotopic (exact) mass is 208 g/mol. The Labute approximate surface area is 87.2 Å². The van der Waals surface area contributed by atoms with Crippen molar-refractivity contribution >= 4 is 11.8 Å². The van der Waals surface area contributed by atoms with E-state index in [4.69, 9.17) is 10.6 Å². The second-order valence-corrected chi connectivity index (χ2v) is 2.94. The summed E-state index contributed by atoms with van der Waals surface area (Å²) in [7, 11) is 0. The van der Waals surface area contributed by atoms with Crippen molar-refractivity contribution in [2.24, 2.45) is 5.73 Å². The van der Waals surface area contributed by atoms with Crippen LogP contribution in [-0.4, -0.2) is 11.8 Å². The topological polar surface area (TPSA) is 81.4 Å². The maximum Gasteiger partial charge on any atom is 0.252 e. The molecule has 1 aromatic carbocycles. The predicted octanol–water partition coefficient (Wildman–Crippen LogP) is 0.110. The van der Waals surface area contributed by atoms with Gasteiger partial charge in [-0.2, -0.15) is 0 Å². The highest BCUT2D eigenvalue weighted by Crippen LogP contribution is 1.98.